The van der Waals surface area contributed by atoms with E-state index >= 15 is 0 Å². The van der Waals surface area contributed by atoms with Gasteiger partial charge in [-0.25, -0.2) is 8.42 Å². The van der Waals surface area contributed by atoms with Crippen LogP contribution in [0.5, 0.6) is 0 Å². The number of rotatable bonds is 8. The van der Waals surface area contributed by atoms with E-state index in [1.54, 1.807) is 55.5 Å². The lowest BCUT2D eigenvalue weighted by molar-refractivity contribution is 0.0858. The molecule has 1 aliphatic heterocycles. The monoisotopic (exact) mass is 521 g/mol. The highest BCUT2D eigenvalue weighted by atomic mass is 32.2. The molecule has 0 saturated carbocycles. The van der Waals surface area contributed by atoms with Gasteiger partial charge in [0.15, 0.2) is 0 Å². The molecule has 4 rings (SSSR count). The van der Waals surface area contributed by atoms with Crippen LogP contribution in [0, 0.1) is 20.8 Å². The Morgan fingerprint density at radius 1 is 0.919 bits per heavy atom. The average Bonchev–Trinajstić information content (AvgIpc) is 3.39. The van der Waals surface area contributed by atoms with Gasteiger partial charge in [-0.05, 0) is 80.6 Å². The van der Waals surface area contributed by atoms with Crippen LogP contribution < -0.4 is 15.4 Å². The minimum absolute atomic E-state index is 0.00338. The van der Waals surface area contributed by atoms with Gasteiger partial charge >= 0.3 is 0 Å². The second-order valence-electron chi connectivity index (χ2n) is 9.18. The molecule has 1 atom stereocenters. The van der Waals surface area contributed by atoms with Gasteiger partial charge < -0.3 is 15.4 Å². The minimum atomic E-state index is -3.96. The third kappa shape index (κ3) is 6.18. The summed E-state index contributed by atoms with van der Waals surface area (Å²) in [6.45, 7) is 6.52. The SMILES string of the molecule is Cc1ccc(C(=O)Nc2ccccc2C(=O)NC[C@@H]2CCCO2)cc1S(=O)(=O)Nc1cccc(C)c1C. The van der Waals surface area contributed by atoms with Crippen LogP contribution in [0.1, 0.15) is 50.2 Å². The predicted molar refractivity (Wildman–Crippen MR) is 144 cm³/mol. The Morgan fingerprint density at radius 2 is 1.68 bits per heavy atom. The zero-order valence-corrected chi connectivity index (χ0v) is 21.9. The number of ether oxygens (including phenoxy) is 1. The van der Waals surface area contributed by atoms with Crippen LogP contribution in [0.3, 0.4) is 0 Å². The molecule has 3 N–H and O–H groups in total. The van der Waals surface area contributed by atoms with Crippen molar-refractivity contribution in [3.05, 3.63) is 88.5 Å². The van der Waals surface area contributed by atoms with Crippen LogP contribution in [0.2, 0.25) is 0 Å². The number of amides is 2. The van der Waals surface area contributed by atoms with Crippen molar-refractivity contribution in [1.82, 2.24) is 5.32 Å². The Morgan fingerprint density at radius 3 is 2.43 bits per heavy atom. The smallest absolute Gasteiger partial charge is 0.262 e. The predicted octanol–water partition coefficient (Wildman–Crippen LogP) is 4.57. The number of aryl methyl sites for hydroxylation is 2. The van der Waals surface area contributed by atoms with Gasteiger partial charge in [0.1, 0.15) is 0 Å². The molecular weight excluding hydrogens is 490 g/mol. The summed E-state index contributed by atoms with van der Waals surface area (Å²) >= 11 is 0. The van der Waals surface area contributed by atoms with Crippen molar-refractivity contribution in [3.8, 4) is 0 Å². The van der Waals surface area contributed by atoms with Gasteiger partial charge in [-0.2, -0.15) is 0 Å². The Labute approximate surface area is 217 Å². The van der Waals surface area contributed by atoms with Crippen molar-refractivity contribution in [2.75, 3.05) is 23.2 Å². The fourth-order valence-electron chi connectivity index (χ4n) is 4.18. The van der Waals surface area contributed by atoms with Crippen LogP contribution in [-0.2, 0) is 14.8 Å². The molecule has 3 aromatic rings. The summed E-state index contributed by atoms with van der Waals surface area (Å²) in [5.41, 5.74) is 3.57. The van der Waals surface area contributed by atoms with E-state index in [2.05, 4.69) is 15.4 Å². The molecule has 3 aromatic carbocycles. The number of para-hydroxylation sites is 1. The molecule has 8 nitrogen and oxygen atoms in total. The Hall–Kier alpha value is -3.69. The van der Waals surface area contributed by atoms with Crippen LogP contribution in [0.25, 0.3) is 0 Å². The van der Waals surface area contributed by atoms with Crippen molar-refractivity contribution < 1.29 is 22.7 Å². The number of benzene rings is 3. The third-order valence-corrected chi connectivity index (χ3v) is 8.03. The van der Waals surface area contributed by atoms with Crippen molar-refractivity contribution in [1.29, 1.82) is 0 Å². The summed E-state index contributed by atoms with van der Waals surface area (Å²) in [7, 11) is -3.96. The largest absolute Gasteiger partial charge is 0.376 e. The van der Waals surface area contributed by atoms with Crippen LogP contribution in [0.4, 0.5) is 11.4 Å². The second-order valence-corrected chi connectivity index (χ2v) is 10.8. The third-order valence-electron chi connectivity index (χ3n) is 6.52. The molecule has 0 bridgehead atoms. The highest BCUT2D eigenvalue weighted by molar-refractivity contribution is 7.92. The van der Waals surface area contributed by atoms with Gasteiger partial charge in [0.2, 0.25) is 0 Å². The lowest BCUT2D eigenvalue weighted by Crippen LogP contribution is -2.32. The van der Waals surface area contributed by atoms with Gasteiger partial charge in [-0.3, -0.25) is 14.3 Å². The summed E-state index contributed by atoms with van der Waals surface area (Å²) in [5, 5.41) is 5.61. The van der Waals surface area contributed by atoms with Crippen LogP contribution in [-0.4, -0.2) is 39.5 Å². The zero-order chi connectivity index (χ0) is 26.6. The molecule has 9 heteroatoms. The quantitative estimate of drug-likeness (QED) is 0.402. The number of carbonyl (C=O) groups excluding carboxylic acids is 2. The maximum Gasteiger partial charge on any atom is 0.262 e. The lowest BCUT2D eigenvalue weighted by atomic mass is 10.1. The fraction of sp³-hybridized carbons (Fsp3) is 0.286. The van der Waals surface area contributed by atoms with Crippen LogP contribution >= 0.6 is 0 Å². The van der Waals surface area contributed by atoms with Crippen molar-refractivity contribution in [3.63, 3.8) is 0 Å². The van der Waals surface area contributed by atoms with Crippen molar-refractivity contribution in [2.24, 2.45) is 0 Å². The Kier molecular flexibility index (Phi) is 7.94. The van der Waals surface area contributed by atoms with Crippen molar-refractivity contribution in [2.45, 2.75) is 44.6 Å². The minimum Gasteiger partial charge on any atom is -0.376 e. The van der Waals surface area contributed by atoms with E-state index in [1.165, 1.54) is 6.07 Å². The average molecular weight is 522 g/mol. The highest BCUT2D eigenvalue weighted by Gasteiger charge is 2.22. The summed E-state index contributed by atoms with van der Waals surface area (Å²) in [4.78, 5) is 25.9. The number of carbonyl (C=O) groups is 2. The lowest BCUT2D eigenvalue weighted by Gasteiger charge is -2.15. The van der Waals surface area contributed by atoms with Gasteiger partial charge in [-0.1, -0.05) is 30.3 Å². The summed E-state index contributed by atoms with van der Waals surface area (Å²) in [6, 6.07) is 16.6. The maximum atomic E-state index is 13.2. The normalized spacial score (nSPS) is 15.3. The van der Waals surface area contributed by atoms with E-state index in [-0.39, 0.29) is 22.5 Å². The number of sulfonamides is 1. The second kappa shape index (κ2) is 11.1. The van der Waals surface area contributed by atoms with E-state index < -0.39 is 15.9 Å². The molecule has 2 amide bonds. The standard InChI is InChI=1S/C28H31N3O5S/c1-18-8-6-12-24(20(18)3)31-37(34,35)26-16-21(14-13-19(26)2)27(32)30-25-11-5-4-10-23(25)28(33)29-17-22-9-7-15-36-22/h4-6,8,10-14,16,22,31H,7,9,15,17H2,1-3H3,(H,29,33)(H,30,32)/t22-/m0/s1. The summed E-state index contributed by atoms with van der Waals surface area (Å²) in [6.07, 6.45) is 1.87. The summed E-state index contributed by atoms with van der Waals surface area (Å²) < 4.78 is 34.7. The Balaban J connectivity index is 1.53. The van der Waals surface area contributed by atoms with E-state index in [1.807, 2.05) is 19.9 Å². The molecule has 0 aromatic heterocycles. The molecule has 1 saturated heterocycles. The van der Waals surface area contributed by atoms with E-state index in [4.69, 9.17) is 4.74 Å². The highest BCUT2D eigenvalue weighted by Crippen LogP contribution is 2.25. The first-order chi connectivity index (χ1) is 17.7. The molecule has 194 valence electrons. The molecule has 0 aliphatic carbocycles. The zero-order valence-electron chi connectivity index (χ0n) is 21.1. The number of hydrogen-bond acceptors (Lipinski definition) is 5. The van der Waals surface area contributed by atoms with E-state index in [0.717, 1.165) is 24.0 Å². The fourth-order valence-corrected chi connectivity index (χ4v) is 5.58. The van der Waals surface area contributed by atoms with Crippen LogP contribution in [0.15, 0.2) is 65.6 Å². The number of hydrogen-bond donors (Lipinski definition) is 3. The van der Waals surface area contributed by atoms with Crippen molar-refractivity contribution >= 4 is 33.2 Å². The van der Waals surface area contributed by atoms with Gasteiger partial charge in [-0.15, -0.1) is 0 Å². The molecule has 1 aliphatic rings. The topological polar surface area (TPSA) is 114 Å². The molecular formula is C28H31N3O5S. The molecule has 37 heavy (non-hydrogen) atoms. The number of nitrogens with one attached hydrogen (secondary N) is 3. The molecule has 1 heterocycles. The first-order valence-electron chi connectivity index (χ1n) is 12.2. The first-order valence-corrected chi connectivity index (χ1v) is 13.6. The van der Waals surface area contributed by atoms with E-state index in [9.17, 15) is 18.0 Å². The van der Waals surface area contributed by atoms with Gasteiger partial charge in [0, 0.05) is 18.7 Å². The molecule has 0 radical (unpaired) electrons. The molecule has 0 spiro atoms. The van der Waals surface area contributed by atoms with Gasteiger partial charge in [0.05, 0.1) is 27.9 Å². The number of anilines is 2. The maximum absolute atomic E-state index is 13.2. The molecule has 0 unspecified atom stereocenters. The Bertz CT molecular complexity index is 1430. The molecule has 1 fully saturated rings. The van der Waals surface area contributed by atoms with E-state index in [0.29, 0.717) is 35.7 Å². The first kappa shape index (κ1) is 26.4. The summed E-state index contributed by atoms with van der Waals surface area (Å²) in [5.74, 6) is -0.848. The van der Waals surface area contributed by atoms with Gasteiger partial charge in [0.25, 0.3) is 21.8 Å².